The Morgan fingerprint density at radius 2 is 2.29 bits per heavy atom. The molecular weight excluding hydrogens is 238 g/mol. The molecule has 1 N–H and O–H groups in total. The van der Waals surface area contributed by atoms with E-state index in [2.05, 4.69) is 15.3 Å². The molecule has 17 heavy (non-hydrogen) atoms. The predicted octanol–water partition coefficient (Wildman–Crippen LogP) is 2.17. The molecule has 0 atom stereocenters. The van der Waals surface area contributed by atoms with Gasteiger partial charge in [0.05, 0.1) is 7.11 Å². The van der Waals surface area contributed by atoms with E-state index in [0.29, 0.717) is 24.1 Å². The van der Waals surface area contributed by atoms with Crippen molar-refractivity contribution in [2.24, 2.45) is 0 Å². The molecule has 2 rings (SSSR count). The highest BCUT2D eigenvalue weighted by atomic mass is 32.1. The normalized spacial score (nSPS) is 10.0. The zero-order chi connectivity index (χ0) is 12.1. The lowest BCUT2D eigenvalue weighted by molar-refractivity contribution is 0.274. The van der Waals surface area contributed by atoms with Crippen molar-refractivity contribution in [1.29, 1.82) is 0 Å². The van der Waals surface area contributed by atoms with E-state index in [1.807, 2.05) is 17.5 Å². The van der Waals surface area contributed by atoms with Crippen LogP contribution in [0.2, 0.25) is 0 Å². The molecule has 0 radical (unpaired) electrons. The number of nitrogens with zero attached hydrogens (tertiary/aromatic N) is 2. The molecule has 0 unspecified atom stereocenters. The van der Waals surface area contributed by atoms with Gasteiger partial charge in [0.1, 0.15) is 12.9 Å². The number of ether oxygens (including phenoxy) is 2. The number of nitrogens with one attached hydrogen (secondary N) is 1. The quantitative estimate of drug-likeness (QED) is 0.882. The van der Waals surface area contributed by atoms with Gasteiger partial charge in [0, 0.05) is 11.9 Å². The number of hydrogen-bond donors (Lipinski definition) is 1. The maximum Gasteiger partial charge on any atom is 0.262 e. The van der Waals surface area contributed by atoms with Crippen LogP contribution < -0.4 is 14.8 Å². The van der Waals surface area contributed by atoms with E-state index in [-0.39, 0.29) is 0 Å². The van der Waals surface area contributed by atoms with Gasteiger partial charge in [0.25, 0.3) is 5.88 Å². The second-order valence-corrected chi connectivity index (χ2v) is 4.21. The third kappa shape index (κ3) is 2.65. The Morgan fingerprint density at radius 1 is 1.41 bits per heavy atom. The first kappa shape index (κ1) is 11.7. The molecule has 2 aromatic heterocycles. The number of hydrogen-bond acceptors (Lipinski definition) is 6. The van der Waals surface area contributed by atoms with Crippen molar-refractivity contribution in [2.45, 2.75) is 6.61 Å². The molecule has 0 saturated heterocycles. The van der Waals surface area contributed by atoms with Crippen molar-refractivity contribution in [2.75, 3.05) is 19.5 Å². The molecule has 0 fully saturated rings. The van der Waals surface area contributed by atoms with Gasteiger partial charge in [-0.3, -0.25) is 0 Å². The van der Waals surface area contributed by atoms with E-state index in [4.69, 9.17) is 9.47 Å². The highest BCUT2D eigenvalue weighted by Crippen LogP contribution is 2.31. The summed E-state index contributed by atoms with van der Waals surface area (Å²) < 4.78 is 10.8. The van der Waals surface area contributed by atoms with Crippen molar-refractivity contribution < 1.29 is 9.47 Å². The van der Waals surface area contributed by atoms with Crippen LogP contribution in [0, 0.1) is 0 Å². The molecule has 0 saturated carbocycles. The van der Waals surface area contributed by atoms with Gasteiger partial charge in [-0.05, 0) is 11.4 Å². The second-order valence-electron chi connectivity index (χ2n) is 3.18. The summed E-state index contributed by atoms with van der Waals surface area (Å²) in [4.78, 5) is 9.25. The van der Waals surface area contributed by atoms with Gasteiger partial charge in [-0.25, -0.2) is 4.98 Å². The smallest absolute Gasteiger partial charge is 0.262 e. The molecule has 0 bridgehead atoms. The van der Waals surface area contributed by atoms with Crippen LogP contribution in [0.1, 0.15) is 4.88 Å². The van der Waals surface area contributed by atoms with Crippen molar-refractivity contribution in [3.05, 3.63) is 28.7 Å². The molecule has 0 aliphatic heterocycles. The summed E-state index contributed by atoms with van der Waals surface area (Å²) in [6.07, 6.45) is 1.44. The van der Waals surface area contributed by atoms with Gasteiger partial charge in [-0.2, -0.15) is 4.98 Å². The van der Waals surface area contributed by atoms with E-state index >= 15 is 0 Å². The van der Waals surface area contributed by atoms with Crippen LogP contribution in [-0.2, 0) is 6.61 Å². The average molecular weight is 251 g/mol. The Balaban J connectivity index is 2.14. The van der Waals surface area contributed by atoms with Gasteiger partial charge in [0.15, 0.2) is 5.82 Å². The van der Waals surface area contributed by atoms with E-state index in [9.17, 15) is 0 Å². The molecule has 0 aliphatic rings. The largest absolute Gasteiger partial charge is 0.489 e. The fourth-order valence-electron chi connectivity index (χ4n) is 1.36. The Hall–Kier alpha value is -1.82. The summed E-state index contributed by atoms with van der Waals surface area (Å²) in [6.45, 7) is 0.480. The monoisotopic (exact) mass is 251 g/mol. The van der Waals surface area contributed by atoms with Crippen LogP contribution >= 0.6 is 11.3 Å². The molecule has 90 valence electrons. The second kappa shape index (κ2) is 5.49. The van der Waals surface area contributed by atoms with Crippen molar-refractivity contribution in [3.63, 3.8) is 0 Å². The lowest BCUT2D eigenvalue weighted by Crippen LogP contribution is -2.03. The van der Waals surface area contributed by atoms with Gasteiger partial charge in [-0.15, -0.1) is 11.3 Å². The van der Waals surface area contributed by atoms with Crippen LogP contribution in [0.25, 0.3) is 0 Å². The molecular formula is C11H13N3O2S. The standard InChI is InChI=1S/C11H13N3O2S/c1-12-10-9(15-2)11(14-7-13-10)16-6-8-4-3-5-17-8/h3-5,7H,6H2,1-2H3,(H,12,13,14). The summed E-state index contributed by atoms with van der Waals surface area (Å²) in [5.74, 6) is 1.58. The molecule has 2 heterocycles. The molecule has 2 aromatic rings. The van der Waals surface area contributed by atoms with Gasteiger partial charge < -0.3 is 14.8 Å². The first-order valence-corrected chi connectivity index (χ1v) is 5.95. The number of aromatic nitrogens is 2. The van der Waals surface area contributed by atoms with Crippen LogP contribution in [0.5, 0.6) is 11.6 Å². The molecule has 0 aromatic carbocycles. The Kier molecular flexibility index (Phi) is 3.77. The minimum Gasteiger partial charge on any atom is -0.489 e. The fourth-order valence-corrected chi connectivity index (χ4v) is 1.97. The number of methoxy groups -OCH3 is 1. The SMILES string of the molecule is CNc1ncnc(OCc2cccs2)c1OC. The van der Waals surface area contributed by atoms with Crippen molar-refractivity contribution in [1.82, 2.24) is 9.97 Å². The summed E-state index contributed by atoms with van der Waals surface area (Å²) in [7, 11) is 3.34. The lowest BCUT2D eigenvalue weighted by atomic mass is 10.4. The molecule has 0 spiro atoms. The zero-order valence-corrected chi connectivity index (χ0v) is 10.5. The summed E-state index contributed by atoms with van der Waals surface area (Å²) in [6, 6.07) is 4.00. The molecule has 5 nitrogen and oxygen atoms in total. The minimum absolute atomic E-state index is 0.445. The number of anilines is 1. The molecule has 0 aliphatic carbocycles. The average Bonchev–Trinajstić information content (AvgIpc) is 2.88. The summed E-state index contributed by atoms with van der Waals surface area (Å²) in [5, 5.41) is 4.94. The first-order valence-electron chi connectivity index (χ1n) is 5.07. The Bertz CT molecular complexity index is 474. The number of thiophene rings is 1. The van der Waals surface area contributed by atoms with Crippen LogP contribution in [0.3, 0.4) is 0 Å². The maximum atomic E-state index is 5.61. The Labute approximate surface area is 103 Å². The van der Waals surface area contributed by atoms with Crippen LogP contribution in [-0.4, -0.2) is 24.1 Å². The number of rotatable bonds is 5. The predicted molar refractivity (Wildman–Crippen MR) is 66.8 cm³/mol. The van der Waals surface area contributed by atoms with Gasteiger partial charge >= 0.3 is 0 Å². The van der Waals surface area contributed by atoms with Crippen LogP contribution in [0.4, 0.5) is 5.82 Å². The molecule has 6 heteroatoms. The summed E-state index contributed by atoms with van der Waals surface area (Å²) >= 11 is 1.64. The third-order valence-electron chi connectivity index (χ3n) is 2.14. The van der Waals surface area contributed by atoms with Gasteiger partial charge in [-0.1, -0.05) is 6.07 Å². The fraction of sp³-hybridized carbons (Fsp3) is 0.273. The highest BCUT2D eigenvalue weighted by Gasteiger charge is 2.12. The van der Waals surface area contributed by atoms with E-state index in [1.54, 1.807) is 25.5 Å². The highest BCUT2D eigenvalue weighted by molar-refractivity contribution is 7.09. The van der Waals surface area contributed by atoms with Crippen molar-refractivity contribution >= 4 is 17.2 Å². The van der Waals surface area contributed by atoms with Crippen LogP contribution in [0.15, 0.2) is 23.8 Å². The third-order valence-corrected chi connectivity index (χ3v) is 2.99. The maximum absolute atomic E-state index is 5.61. The molecule has 0 amide bonds. The van der Waals surface area contributed by atoms with E-state index in [0.717, 1.165) is 4.88 Å². The Morgan fingerprint density at radius 3 is 2.94 bits per heavy atom. The van der Waals surface area contributed by atoms with E-state index in [1.165, 1.54) is 6.33 Å². The first-order chi connectivity index (χ1) is 8.35. The zero-order valence-electron chi connectivity index (χ0n) is 9.64. The lowest BCUT2D eigenvalue weighted by Gasteiger charge is -2.11. The van der Waals surface area contributed by atoms with Crippen molar-refractivity contribution in [3.8, 4) is 11.6 Å². The van der Waals surface area contributed by atoms with E-state index < -0.39 is 0 Å². The summed E-state index contributed by atoms with van der Waals surface area (Å²) in [5.41, 5.74) is 0. The van der Waals surface area contributed by atoms with Gasteiger partial charge in [0.2, 0.25) is 5.75 Å². The topological polar surface area (TPSA) is 56.3 Å². The minimum atomic E-state index is 0.445.